The van der Waals surface area contributed by atoms with Crippen molar-refractivity contribution in [2.24, 2.45) is 11.8 Å². The molecule has 0 aromatic heterocycles. The van der Waals surface area contributed by atoms with Crippen LogP contribution in [0.5, 0.6) is 0 Å². The van der Waals surface area contributed by atoms with E-state index in [1.807, 2.05) is 18.2 Å². The summed E-state index contributed by atoms with van der Waals surface area (Å²) in [7, 11) is 0. The monoisotopic (exact) mass is 267 g/mol. The largest absolute Gasteiger partial charge is 0.197 e. The predicted molar refractivity (Wildman–Crippen MR) is 71.3 cm³/mol. The predicted octanol–water partition coefficient (Wildman–Crippen LogP) is 4.82. The summed E-state index contributed by atoms with van der Waals surface area (Å²) < 4.78 is 0. The zero-order chi connectivity index (χ0) is 12.6. The molecule has 1 fully saturated rings. The van der Waals surface area contributed by atoms with Crippen molar-refractivity contribution in [3.63, 3.8) is 0 Å². The Balaban J connectivity index is 2.37. The quantitative estimate of drug-likeness (QED) is 0.754. The van der Waals surface area contributed by atoms with E-state index >= 15 is 0 Å². The van der Waals surface area contributed by atoms with Gasteiger partial charge in [-0.15, -0.1) is 0 Å². The second kappa shape index (κ2) is 4.52. The molecule has 0 saturated heterocycles. The highest BCUT2D eigenvalue weighted by atomic mass is 35.5. The molecule has 0 amide bonds. The molecule has 90 valence electrons. The van der Waals surface area contributed by atoms with Crippen LogP contribution in [0.2, 0.25) is 10.0 Å². The van der Waals surface area contributed by atoms with Crippen LogP contribution in [0.25, 0.3) is 0 Å². The van der Waals surface area contributed by atoms with Gasteiger partial charge in [-0.25, -0.2) is 0 Å². The van der Waals surface area contributed by atoms with Gasteiger partial charge < -0.3 is 0 Å². The van der Waals surface area contributed by atoms with Gasteiger partial charge in [0, 0.05) is 15.6 Å². The van der Waals surface area contributed by atoms with E-state index in [1.54, 1.807) is 0 Å². The molecule has 0 spiro atoms. The van der Waals surface area contributed by atoms with E-state index in [0.717, 1.165) is 18.4 Å². The van der Waals surface area contributed by atoms with E-state index in [2.05, 4.69) is 19.9 Å². The number of nitriles is 1. The van der Waals surface area contributed by atoms with Crippen LogP contribution in [-0.2, 0) is 5.41 Å². The maximum absolute atomic E-state index is 9.47. The van der Waals surface area contributed by atoms with Gasteiger partial charge in [-0.2, -0.15) is 5.26 Å². The number of nitrogens with zero attached hydrogens (tertiary/aromatic N) is 1. The van der Waals surface area contributed by atoms with E-state index in [9.17, 15) is 5.26 Å². The average Bonchev–Trinajstić information content (AvgIpc) is 2.20. The van der Waals surface area contributed by atoms with E-state index < -0.39 is 5.41 Å². The molecule has 1 aromatic carbocycles. The summed E-state index contributed by atoms with van der Waals surface area (Å²) >= 11 is 12.4. The Morgan fingerprint density at radius 2 is 1.82 bits per heavy atom. The van der Waals surface area contributed by atoms with Crippen molar-refractivity contribution in [3.05, 3.63) is 33.8 Å². The highest BCUT2D eigenvalue weighted by molar-refractivity contribution is 6.36. The third-order valence-electron chi connectivity index (χ3n) is 3.82. The summed E-state index contributed by atoms with van der Waals surface area (Å²) in [5.74, 6) is 1.21. The molecule has 0 aliphatic heterocycles. The Bertz CT molecular complexity index is 447. The van der Waals surface area contributed by atoms with Crippen LogP contribution >= 0.6 is 23.2 Å². The molecule has 3 heteroatoms. The first kappa shape index (κ1) is 12.7. The first-order valence-electron chi connectivity index (χ1n) is 5.86. The summed E-state index contributed by atoms with van der Waals surface area (Å²) in [5, 5.41) is 10.7. The average molecular weight is 268 g/mol. The molecular formula is C14H15Cl2N. The van der Waals surface area contributed by atoms with Gasteiger partial charge in [0.25, 0.3) is 0 Å². The van der Waals surface area contributed by atoms with Crippen LogP contribution in [-0.4, -0.2) is 0 Å². The topological polar surface area (TPSA) is 23.8 Å². The summed E-state index contributed by atoms with van der Waals surface area (Å²) in [6, 6.07) is 7.87. The molecule has 1 aliphatic rings. The van der Waals surface area contributed by atoms with Gasteiger partial charge in [-0.1, -0.05) is 43.1 Å². The molecule has 0 N–H and O–H groups in total. The van der Waals surface area contributed by atoms with Gasteiger partial charge in [-0.3, -0.25) is 0 Å². The molecule has 1 nitrogen and oxygen atoms in total. The van der Waals surface area contributed by atoms with Crippen LogP contribution in [0.3, 0.4) is 0 Å². The Morgan fingerprint density at radius 3 is 2.24 bits per heavy atom. The second-order valence-corrected chi connectivity index (χ2v) is 6.02. The molecule has 0 radical (unpaired) electrons. The minimum atomic E-state index is -0.468. The smallest absolute Gasteiger partial charge is 0.0856 e. The fourth-order valence-corrected chi connectivity index (χ4v) is 3.37. The maximum atomic E-state index is 9.47. The van der Waals surface area contributed by atoms with Crippen molar-refractivity contribution in [1.29, 1.82) is 5.26 Å². The zero-order valence-electron chi connectivity index (χ0n) is 10.0. The number of hydrogen-bond acceptors (Lipinski definition) is 1. The van der Waals surface area contributed by atoms with E-state index in [1.165, 1.54) is 0 Å². The molecule has 1 saturated carbocycles. The Morgan fingerprint density at radius 1 is 1.29 bits per heavy atom. The van der Waals surface area contributed by atoms with E-state index in [0.29, 0.717) is 21.9 Å². The fourth-order valence-electron chi connectivity index (χ4n) is 2.61. The van der Waals surface area contributed by atoms with Crippen molar-refractivity contribution in [3.8, 4) is 6.07 Å². The first-order valence-corrected chi connectivity index (χ1v) is 6.61. The summed E-state index contributed by atoms with van der Waals surface area (Å²) in [6.07, 6.45) is 1.73. The zero-order valence-corrected chi connectivity index (χ0v) is 11.5. The Labute approximate surface area is 112 Å². The number of halogens is 2. The molecule has 0 bridgehead atoms. The van der Waals surface area contributed by atoms with Crippen LogP contribution in [0.1, 0.15) is 32.3 Å². The Hall–Kier alpha value is -0.710. The highest BCUT2D eigenvalue weighted by Gasteiger charge is 2.48. The second-order valence-electron chi connectivity index (χ2n) is 5.20. The molecule has 0 unspecified atom stereocenters. The van der Waals surface area contributed by atoms with Gasteiger partial charge >= 0.3 is 0 Å². The third-order valence-corrected chi connectivity index (χ3v) is 4.45. The normalized spacial score (nSPS) is 27.6. The Kier molecular flexibility index (Phi) is 3.39. The number of rotatable bonds is 2. The van der Waals surface area contributed by atoms with Gasteiger partial charge in [0.1, 0.15) is 0 Å². The fraction of sp³-hybridized carbons (Fsp3) is 0.500. The number of hydrogen-bond donors (Lipinski definition) is 0. The van der Waals surface area contributed by atoms with Gasteiger partial charge in [0.05, 0.1) is 11.5 Å². The van der Waals surface area contributed by atoms with Crippen molar-refractivity contribution in [2.45, 2.75) is 32.1 Å². The lowest BCUT2D eigenvalue weighted by Gasteiger charge is -2.45. The first-order chi connectivity index (χ1) is 8.00. The minimum Gasteiger partial charge on any atom is -0.197 e. The van der Waals surface area contributed by atoms with Crippen molar-refractivity contribution >= 4 is 23.2 Å². The number of benzene rings is 1. The van der Waals surface area contributed by atoms with Crippen molar-refractivity contribution in [1.82, 2.24) is 0 Å². The lowest BCUT2D eigenvalue weighted by molar-refractivity contribution is 0.145. The maximum Gasteiger partial charge on any atom is 0.0856 e. The molecule has 17 heavy (non-hydrogen) atoms. The minimum absolute atomic E-state index is 0.468. The third kappa shape index (κ3) is 2.05. The summed E-state index contributed by atoms with van der Waals surface area (Å²) in [5.41, 5.74) is 0.354. The van der Waals surface area contributed by atoms with Crippen molar-refractivity contribution in [2.75, 3.05) is 0 Å². The van der Waals surface area contributed by atoms with Crippen LogP contribution in [0.4, 0.5) is 0 Å². The summed E-state index contributed by atoms with van der Waals surface area (Å²) in [4.78, 5) is 0. The molecule has 0 atom stereocenters. The molecule has 2 rings (SSSR count). The van der Waals surface area contributed by atoms with Crippen LogP contribution < -0.4 is 0 Å². The summed E-state index contributed by atoms with van der Waals surface area (Å²) in [6.45, 7) is 4.39. The lowest BCUT2D eigenvalue weighted by Crippen LogP contribution is -2.42. The molecule has 1 aliphatic carbocycles. The SMILES string of the molecule is CC(C)C1CC(C#N)(c2c(Cl)cccc2Cl)C1. The lowest BCUT2D eigenvalue weighted by atomic mass is 9.56. The van der Waals surface area contributed by atoms with Gasteiger partial charge in [0.15, 0.2) is 0 Å². The van der Waals surface area contributed by atoms with Crippen LogP contribution in [0, 0.1) is 23.2 Å². The molecule has 1 aromatic rings. The van der Waals surface area contributed by atoms with Gasteiger partial charge in [0.2, 0.25) is 0 Å². The standard InChI is InChI=1S/C14H15Cl2N/c1-9(2)10-6-14(7-10,8-17)13-11(15)4-3-5-12(13)16/h3-5,9-10H,6-7H2,1-2H3. The van der Waals surface area contributed by atoms with E-state index in [-0.39, 0.29) is 0 Å². The highest BCUT2D eigenvalue weighted by Crippen LogP contribution is 2.53. The van der Waals surface area contributed by atoms with Crippen LogP contribution in [0.15, 0.2) is 18.2 Å². The molecular weight excluding hydrogens is 253 g/mol. The van der Waals surface area contributed by atoms with Crippen molar-refractivity contribution < 1.29 is 0 Å². The molecule has 0 heterocycles. The van der Waals surface area contributed by atoms with Gasteiger partial charge in [-0.05, 0) is 36.8 Å². The van der Waals surface area contributed by atoms with E-state index in [4.69, 9.17) is 23.2 Å².